The molecule has 3 aromatic heterocycles. The van der Waals surface area contributed by atoms with Crippen LogP contribution in [0.2, 0.25) is 5.02 Å². The number of nitrogens with zero attached hydrogens (tertiary/aromatic N) is 6. The molecule has 0 saturated carbocycles. The largest absolute Gasteiger partial charge is 0.493 e. The maximum atomic E-state index is 13.5. The number of rotatable bonds is 8. The van der Waals surface area contributed by atoms with Crippen LogP contribution < -0.4 is 26.0 Å². The highest BCUT2D eigenvalue weighted by atomic mass is 35.5. The SMILES string of the molecule is COc1cc2ncnc(Nc3ccc(F)c(Cl)c3)c2cc1OCCCN1CCOCC1.Cn1c(=O)c2[nH]cnc2n(C)c1=O. The van der Waals surface area contributed by atoms with E-state index in [-0.39, 0.29) is 16.3 Å². The number of benzene rings is 2. The van der Waals surface area contributed by atoms with Crippen molar-refractivity contribution in [2.24, 2.45) is 14.1 Å². The molecule has 1 aliphatic rings. The summed E-state index contributed by atoms with van der Waals surface area (Å²) in [5.74, 6) is 1.31. The van der Waals surface area contributed by atoms with Gasteiger partial charge >= 0.3 is 5.69 Å². The van der Waals surface area contributed by atoms with Crippen LogP contribution in [0.3, 0.4) is 0 Å². The van der Waals surface area contributed by atoms with Crippen molar-refractivity contribution < 1.29 is 18.6 Å². The van der Waals surface area contributed by atoms with Gasteiger partial charge in [0.2, 0.25) is 0 Å². The number of fused-ring (bicyclic) bond motifs is 2. The number of hydrogen-bond acceptors (Lipinski definition) is 10. The number of anilines is 2. The molecule has 0 spiro atoms. The quantitative estimate of drug-likeness (QED) is 0.247. The van der Waals surface area contributed by atoms with Gasteiger partial charge in [0.25, 0.3) is 5.56 Å². The molecule has 0 atom stereocenters. The summed E-state index contributed by atoms with van der Waals surface area (Å²) >= 11 is 5.90. The number of ether oxygens (including phenoxy) is 3. The Kier molecular flexibility index (Phi) is 9.72. The van der Waals surface area contributed by atoms with E-state index in [1.807, 2.05) is 12.1 Å². The summed E-state index contributed by atoms with van der Waals surface area (Å²) in [6.07, 6.45) is 3.75. The molecule has 1 aliphatic heterocycles. The van der Waals surface area contributed by atoms with Crippen molar-refractivity contribution in [3.05, 3.63) is 74.7 Å². The van der Waals surface area contributed by atoms with Crippen LogP contribution in [-0.4, -0.2) is 80.5 Å². The number of halogens is 2. The van der Waals surface area contributed by atoms with Gasteiger partial charge in [-0.05, 0) is 30.7 Å². The summed E-state index contributed by atoms with van der Waals surface area (Å²) in [7, 11) is 4.61. The van der Waals surface area contributed by atoms with E-state index in [9.17, 15) is 14.0 Å². The molecule has 232 valence electrons. The Bertz CT molecular complexity index is 1890. The lowest BCUT2D eigenvalue weighted by Crippen LogP contribution is -2.37. The lowest BCUT2D eigenvalue weighted by Gasteiger charge is -2.26. The average Bonchev–Trinajstić information content (AvgIpc) is 3.54. The van der Waals surface area contributed by atoms with Crippen LogP contribution in [0, 0.1) is 5.82 Å². The van der Waals surface area contributed by atoms with Crippen LogP contribution in [0.4, 0.5) is 15.9 Å². The minimum Gasteiger partial charge on any atom is -0.493 e. The fraction of sp³-hybridized carbons (Fsp3) is 0.345. The van der Waals surface area contributed by atoms with Crippen molar-refractivity contribution in [1.82, 2.24) is 34.0 Å². The van der Waals surface area contributed by atoms with Gasteiger partial charge in [0.15, 0.2) is 17.1 Å². The van der Waals surface area contributed by atoms with Gasteiger partial charge in [-0.2, -0.15) is 0 Å². The minimum absolute atomic E-state index is 0.0364. The molecule has 13 nitrogen and oxygen atoms in total. The Morgan fingerprint density at radius 3 is 2.61 bits per heavy atom. The topological polar surface area (TPSA) is 141 Å². The maximum absolute atomic E-state index is 13.5. The van der Waals surface area contributed by atoms with E-state index in [2.05, 4.69) is 30.2 Å². The van der Waals surface area contributed by atoms with Gasteiger partial charge in [-0.15, -0.1) is 0 Å². The third-order valence-electron chi connectivity index (χ3n) is 7.11. The molecular formula is C29H32ClFN8O5. The van der Waals surface area contributed by atoms with E-state index in [1.54, 1.807) is 20.2 Å². The summed E-state index contributed by atoms with van der Waals surface area (Å²) in [6.45, 7) is 5.00. The first kappa shape index (κ1) is 30.9. The zero-order valence-corrected chi connectivity index (χ0v) is 25.2. The standard InChI is InChI=1S/C22H24ClFN4O3.C7H8N4O2/c1-29-20-13-19-16(12-21(20)31-8-2-5-28-6-9-30-10-7-28)22(26-14-25-19)27-15-3-4-18(24)17(23)11-15;1-10-5-4(8-3-9-5)6(12)11(2)7(10)13/h3-4,11-14H,2,5-10H2,1H3,(H,25,26,27);3H,1-2H3,(H,8,9). The first-order chi connectivity index (χ1) is 21.3. The third kappa shape index (κ3) is 6.82. The van der Waals surface area contributed by atoms with Gasteiger partial charge in [-0.25, -0.2) is 24.1 Å². The Hall–Kier alpha value is -4.53. The van der Waals surface area contributed by atoms with Crippen LogP contribution in [-0.2, 0) is 18.8 Å². The summed E-state index contributed by atoms with van der Waals surface area (Å²) in [5, 5.41) is 3.97. The number of aromatic amines is 1. The van der Waals surface area contributed by atoms with Gasteiger partial charge in [-0.1, -0.05) is 11.6 Å². The molecule has 1 fully saturated rings. The maximum Gasteiger partial charge on any atom is 0.332 e. The van der Waals surface area contributed by atoms with Crippen LogP contribution in [0.1, 0.15) is 6.42 Å². The molecule has 15 heteroatoms. The van der Waals surface area contributed by atoms with Crippen molar-refractivity contribution in [2.45, 2.75) is 6.42 Å². The van der Waals surface area contributed by atoms with Crippen molar-refractivity contribution in [3.8, 4) is 11.5 Å². The number of aryl methyl sites for hydroxylation is 1. The predicted octanol–water partition coefficient (Wildman–Crippen LogP) is 3.24. The normalized spacial score (nSPS) is 13.5. The van der Waals surface area contributed by atoms with Gasteiger partial charge < -0.3 is 24.5 Å². The average molecular weight is 627 g/mol. The number of imidazole rings is 1. The van der Waals surface area contributed by atoms with Gasteiger partial charge in [-0.3, -0.25) is 18.8 Å². The fourth-order valence-electron chi connectivity index (χ4n) is 4.71. The van der Waals surface area contributed by atoms with Gasteiger partial charge in [0.05, 0.1) is 43.8 Å². The molecule has 6 rings (SSSR count). The molecule has 0 bridgehead atoms. The van der Waals surface area contributed by atoms with Crippen LogP contribution in [0.5, 0.6) is 11.5 Å². The van der Waals surface area contributed by atoms with E-state index in [0.717, 1.165) is 49.2 Å². The van der Waals surface area contributed by atoms with Crippen molar-refractivity contribution in [1.29, 1.82) is 0 Å². The van der Waals surface area contributed by atoms with E-state index in [0.29, 0.717) is 46.3 Å². The van der Waals surface area contributed by atoms with Gasteiger partial charge in [0.1, 0.15) is 23.5 Å². The smallest absolute Gasteiger partial charge is 0.332 e. The van der Waals surface area contributed by atoms with Crippen molar-refractivity contribution in [3.63, 3.8) is 0 Å². The molecule has 2 aromatic carbocycles. The number of hydrogen-bond donors (Lipinski definition) is 2. The third-order valence-corrected chi connectivity index (χ3v) is 7.40. The summed E-state index contributed by atoms with van der Waals surface area (Å²) in [4.78, 5) is 40.4. The molecule has 1 saturated heterocycles. The predicted molar refractivity (Wildman–Crippen MR) is 165 cm³/mol. The zero-order valence-electron chi connectivity index (χ0n) is 24.5. The first-order valence-corrected chi connectivity index (χ1v) is 14.2. The van der Waals surface area contributed by atoms with Crippen molar-refractivity contribution in [2.75, 3.05) is 51.9 Å². The second-order valence-electron chi connectivity index (χ2n) is 9.96. The molecule has 4 heterocycles. The molecule has 5 aromatic rings. The van der Waals surface area contributed by atoms with Crippen LogP contribution in [0.15, 0.2) is 52.6 Å². The van der Waals surface area contributed by atoms with Crippen LogP contribution >= 0.6 is 11.6 Å². The monoisotopic (exact) mass is 626 g/mol. The second-order valence-corrected chi connectivity index (χ2v) is 10.4. The summed E-state index contributed by atoms with van der Waals surface area (Å²) in [5.41, 5.74) is 1.33. The van der Waals surface area contributed by atoms with E-state index >= 15 is 0 Å². The molecule has 44 heavy (non-hydrogen) atoms. The van der Waals surface area contributed by atoms with E-state index in [1.165, 1.54) is 36.4 Å². The number of H-pyrrole nitrogens is 1. The minimum atomic E-state index is -0.475. The molecule has 0 unspecified atom stereocenters. The van der Waals surface area contributed by atoms with E-state index in [4.69, 9.17) is 25.8 Å². The second kappa shape index (κ2) is 13.8. The van der Waals surface area contributed by atoms with Gasteiger partial charge in [0, 0.05) is 50.9 Å². The summed E-state index contributed by atoms with van der Waals surface area (Å²) in [6, 6.07) is 8.09. The van der Waals surface area contributed by atoms with Crippen LogP contribution in [0.25, 0.3) is 22.1 Å². The first-order valence-electron chi connectivity index (χ1n) is 13.8. The molecule has 0 aliphatic carbocycles. The van der Waals surface area contributed by atoms with Crippen molar-refractivity contribution >= 4 is 45.2 Å². The zero-order chi connectivity index (χ0) is 31.2. The highest BCUT2D eigenvalue weighted by Gasteiger charge is 2.14. The summed E-state index contributed by atoms with van der Waals surface area (Å²) < 4.78 is 32.7. The lowest BCUT2D eigenvalue weighted by atomic mass is 10.2. The Morgan fingerprint density at radius 2 is 1.86 bits per heavy atom. The number of nitrogens with one attached hydrogen (secondary N) is 2. The Morgan fingerprint density at radius 1 is 1.07 bits per heavy atom. The molecule has 0 amide bonds. The molecule has 2 N–H and O–H groups in total. The Labute approximate surface area is 256 Å². The Balaban J connectivity index is 0.000000245. The lowest BCUT2D eigenvalue weighted by molar-refractivity contribution is 0.0357. The molecule has 0 radical (unpaired) electrons. The number of methoxy groups -OCH3 is 1. The number of morpholine rings is 1. The fourth-order valence-corrected chi connectivity index (χ4v) is 4.89. The number of aromatic nitrogens is 6. The van der Waals surface area contributed by atoms with E-state index < -0.39 is 5.82 Å². The highest BCUT2D eigenvalue weighted by Crippen LogP contribution is 2.35. The highest BCUT2D eigenvalue weighted by molar-refractivity contribution is 6.31. The molecular weight excluding hydrogens is 595 g/mol.